The molecule has 0 aliphatic carbocycles. The normalized spacial score (nSPS) is 14.6. The molecule has 122 valence electrons. The molecular weight excluding hydrogens is 306 g/mol. The maximum atomic E-state index is 12.5. The zero-order chi connectivity index (χ0) is 16.5. The van der Waals surface area contributed by atoms with Crippen LogP contribution < -0.4 is 0 Å². The summed E-state index contributed by atoms with van der Waals surface area (Å²) in [5.74, 6) is 0.833. The van der Waals surface area contributed by atoms with Crippen molar-refractivity contribution in [3.8, 4) is 11.5 Å². The lowest BCUT2D eigenvalue weighted by molar-refractivity contribution is 0.0495. The first kappa shape index (κ1) is 14.7. The molecule has 3 aromatic rings. The zero-order valence-electron chi connectivity index (χ0n) is 13.3. The fraction of sp³-hybridized carbons (Fsp3) is 0.278. The van der Waals surface area contributed by atoms with Gasteiger partial charge in [-0.3, -0.25) is 9.78 Å². The number of carbonyl (C=O) groups excluding carboxylic acids is 1. The Hall–Kier alpha value is -2.89. The second-order valence-corrected chi connectivity index (χ2v) is 6.14. The maximum Gasteiger partial charge on any atom is 0.275 e. The highest BCUT2D eigenvalue weighted by Crippen LogP contribution is 2.24. The molecular formula is C18H17N3O3. The molecule has 0 radical (unpaired) electrons. The van der Waals surface area contributed by atoms with Gasteiger partial charge in [-0.05, 0) is 43.0 Å². The van der Waals surface area contributed by atoms with E-state index < -0.39 is 0 Å². The largest absolute Gasteiger partial charge is 0.472 e. The van der Waals surface area contributed by atoms with Crippen LogP contribution in [0.15, 0.2) is 52.0 Å². The summed E-state index contributed by atoms with van der Waals surface area (Å²) < 4.78 is 10.5. The topological polar surface area (TPSA) is 72.4 Å². The van der Waals surface area contributed by atoms with Crippen molar-refractivity contribution in [2.75, 3.05) is 13.1 Å². The Kier molecular flexibility index (Phi) is 3.65. The van der Waals surface area contributed by atoms with Crippen LogP contribution >= 0.6 is 0 Å². The van der Waals surface area contributed by atoms with E-state index in [1.807, 2.05) is 25.1 Å². The summed E-state index contributed by atoms with van der Waals surface area (Å²) in [7, 11) is 0. The Balaban J connectivity index is 1.39. The van der Waals surface area contributed by atoms with Crippen LogP contribution in [0.2, 0.25) is 0 Å². The van der Waals surface area contributed by atoms with Gasteiger partial charge in [-0.15, -0.1) is 0 Å². The number of aryl methyl sites for hydroxylation is 1. The second kappa shape index (κ2) is 5.96. The van der Waals surface area contributed by atoms with Crippen molar-refractivity contribution in [1.29, 1.82) is 0 Å². The summed E-state index contributed by atoms with van der Waals surface area (Å²) in [5, 5.41) is 0. The van der Waals surface area contributed by atoms with Gasteiger partial charge < -0.3 is 13.7 Å². The van der Waals surface area contributed by atoms with E-state index in [4.69, 9.17) is 8.83 Å². The van der Waals surface area contributed by atoms with E-state index in [1.165, 1.54) is 11.8 Å². The summed E-state index contributed by atoms with van der Waals surface area (Å²) in [6.45, 7) is 3.37. The summed E-state index contributed by atoms with van der Waals surface area (Å²) in [6, 6.07) is 5.66. The van der Waals surface area contributed by atoms with Crippen LogP contribution in [0.4, 0.5) is 0 Å². The smallest absolute Gasteiger partial charge is 0.275 e. The van der Waals surface area contributed by atoms with Crippen molar-refractivity contribution in [2.45, 2.75) is 13.3 Å². The second-order valence-electron chi connectivity index (χ2n) is 6.14. The van der Waals surface area contributed by atoms with Crippen molar-refractivity contribution in [2.24, 2.45) is 5.92 Å². The number of hydrogen-bond donors (Lipinski definition) is 0. The lowest BCUT2D eigenvalue weighted by Crippen LogP contribution is -2.50. The maximum absolute atomic E-state index is 12.5. The number of furan rings is 1. The molecule has 1 fully saturated rings. The van der Waals surface area contributed by atoms with E-state index in [0.29, 0.717) is 17.5 Å². The molecule has 0 unspecified atom stereocenters. The van der Waals surface area contributed by atoms with Gasteiger partial charge in [0.1, 0.15) is 6.26 Å². The average Bonchev–Trinajstić information content (AvgIpc) is 3.21. The molecule has 4 rings (SSSR count). The number of carbonyl (C=O) groups is 1. The minimum absolute atomic E-state index is 0.0841. The SMILES string of the molecule is Cc1cc(-c2nc(C(=O)N3CC(Cc4ccoc4)C3)co2)ccn1. The average molecular weight is 323 g/mol. The Morgan fingerprint density at radius 1 is 1.33 bits per heavy atom. The Labute approximate surface area is 139 Å². The monoisotopic (exact) mass is 323 g/mol. The van der Waals surface area contributed by atoms with Crippen molar-refractivity contribution in [3.05, 3.63) is 60.1 Å². The molecule has 0 spiro atoms. The zero-order valence-corrected chi connectivity index (χ0v) is 13.3. The van der Waals surface area contributed by atoms with Crippen LogP contribution in [-0.4, -0.2) is 33.9 Å². The number of nitrogens with zero attached hydrogens (tertiary/aromatic N) is 3. The molecule has 24 heavy (non-hydrogen) atoms. The lowest BCUT2D eigenvalue weighted by Gasteiger charge is -2.38. The van der Waals surface area contributed by atoms with Crippen LogP contribution in [0.1, 0.15) is 21.7 Å². The molecule has 0 bridgehead atoms. The highest BCUT2D eigenvalue weighted by molar-refractivity contribution is 5.93. The van der Waals surface area contributed by atoms with E-state index in [9.17, 15) is 4.79 Å². The van der Waals surface area contributed by atoms with Gasteiger partial charge in [-0.1, -0.05) is 0 Å². The van der Waals surface area contributed by atoms with Gasteiger partial charge in [0.05, 0.1) is 12.5 Å². The number of likely N-dealkylation sites (tertiary alicyclic amines) is 1. The highest BCUT2D eigenvalue weighted by atomic mass is 16.3. The predicted octanol–water partition coefficient (Wildman–Crippen LogP) is 2.95. The molecule has 4 heterocycles. The first-order valence-corrected chi connectivity index (χ1v) is 7.88. The third-order valence-corrected chi connectivity index (χ3v) is 4.22. The van der Waals surface area contributed by atoms with Crippen LogP contribution in [0.5, 0.6) is 0 Å². The van der Waals surface area contributed by atoms with E-state index in [1.54, 1.807) is 23.6 Å². The number of pyridine rings is 1. The molecule has 1 saturated heterocycles. The van der Waals surface area contributed by atoms with Gasteiger partial charge in [-0.25, -0.2) is 4.98 Å². The van der Waals surface area contributed by atoms with E-state index in [0.717, 1.165) is 30.8 Å². The fourth-order valence-electron chi connectivity index (χ4n) is 2.95. The molecule has 0 atom stereocenters. The molecule has 6 nitrogen and oxygen atoms in total. The van der Waals surface area contributed by atoms with Gasteiger partial charge in [-0.2, -0.15) is 0 Å². The first-order chi connectivity index (χ1) is 11.7. The standard InChI is InChI=1S/C18H17N3O3/c1-12-6-15(2-4-19-12)17-20-16(11-24-17)18(22)21-8-14(9-21)7-13-3-5-23-10-13/h2-6,10-11,14H,7-9H2,1H3. The molecule has 3 aromatic heterocycles. The lowest BCUT2D eigenvalue weighted by atomic mass is 9.93. The number of hydrogen-bond acceptors (Lipinski definition) is 5. The quantitative estimate of drug-likeness (QED) is 0.738. The number of amides is 1. The summed E-state index contributed by atoms with van der Waals surface area (Å²) >= 11 is 0. The Bertz CT molecular complexity index is 848. The molecule has 0 N–H and O–H groups in total. The van der Waals surface area contributed by atoms with Crippen molar-refractivity contribution in [1.82, 2.24) is 14.9 Å². The third-order valence-electron chi connectivity index (χ3n) is 4.22. The molecule has 6 heteroatoms. The van der Waals surface area contributed by atoms with Gasteiger partial charge in [0.2, 0.25) is 5.89 Å². The van der Waals surface area contributed by atoms with Crippen LogP contribution in [0.25, 0.3) is 11.5 Å². The van der Waals surface area contributed by atoms with Gasteiger partial charge in [0.15, 0.2) is 5.69 Å². The Morgan fingerprint density at radius 3 is 2.96 bits per heavy atom. The van der Waals surface area contributed by atoms with Crippen molar-refractivity contribution < 1.29 is 13.6 Å². The minimum Gasteiger partial charge on any atom is -0.472 e. The molecule has 0 aromatic carbocycles. The van der Waals surface area contributed by atoms with E-state index in [-0.39, 0.29) is 5.91 Å². The number of aromatic nitrogens is 2. The van der Waals surface area contributed by atoms with E-state index >= 15 is 0 Å². The highest BCUT2D eigenvalue weighted by Gasteiger charge is 2.32. The summed E-state index contributed by atoms with van der Waals surface area (Å²) in [5.41, 5.74) is 3.22. The van der Waals surface area contributed by atoms with Crippen molar-refractivity contribution in [3.63, 3.8) is 0 Å². The van der Waals surface area contributed by atoms with E-state index in [2.05, 4.69) is 9.97 Å². The number of rotatable bonds is 4. The molecule has 1 amide bonds. The predicted molar refractivity (Wildman–Crippen MR) is 86.3 cm³/mol. The molecule has 1 aliphatic heterocycles. The van der Waals surface area contributed by atoms with Gasteiger partial charge in [0.25, 0.3) is 5.91 Å². The van der Waals surface area contributed by atoms with Crippen LogP contribution in [0.3, 0.4) is 0 Å². The summed E-state index contributed by atoms with van der Waals surface area (Å²) in [4.78, 5) is 22.7. The van der Waals surface area contributed by atoms with Gasteiger partial charge in [0, 0.05) is 30.5 Å². The fourth-order valence-corrected chi connectivity index (χ4v) is 2.95. The van der Waals surface area contributed by atoms with Crippen LogP contribution in [0, 0.1) is 12.8 Å². The minimum atomic E-state index is -0.0841. The molecule has 1 aliphatic rings. The first-order valence-electron chi connectivity index (χ1n) is 7.88. The van der Waals surface area contributed by atoms with Crippen LogP contribution in [-0.2, 0) is 6.42 Å². The Morgan fingerprint density at radius 2 is 2.21 bits per heavy atom. The number of oxazole rings is 1. The third kappa shape index (κ3) is 2.82. The van der Waals surface area contributed by atoms with Crippen molar-refractivity contribution >= 4 is 5.91 Å². The molecule has 0 saturated carbocycles. The van der Waals surface area contributed by atoms with Gasteiger partial charge >= 0.3 is 0 Å². The summed E-state index contributed by atoms with van der Waals surface area (Å²) in [6.07, 6.45) is 7.49.